The molecule has 8 heteroatoms. The number of aryl methyl sites for hydroxylation is 2. The summed E-state index contributed by atoms with van der Waals surface area (Å²) in [4.78, 5) is 37.9. The molecule has 0 spiro atoms. The smallest absolute Gasteiger partial charge is 0.339 e. The number of hydrogen-bond acceptors (Lipinski definition) is 6. The number of likely N-dealkylation sites (N-methyl/N-ethyl adjacent to an activating group) is 1. The van der Waals surface area contributed by atoms with Crippen molar-refractivity contribution in [3.8, 4) is 22.4 Å². The van der Waals surface area contributed by atoms with Gasteiger partial charge >= 0.3 is 5.97 Å². The van der Waals surface area contributed by atoms with Gasteiger partial charge in [0.2, 0.25) is 5.91 Å². The second-order valence-electron chi connectivity index (χ2n) is 11.0. The van der Waals surface area contributed by atoms with Crippen LogP contribution >= 0.6 is 0 Å². The number of carbonyl (C=O) groups is 2. The van der Waals surface area contributed by atoms with Gasteiger partial charge in [0.15, 0.2) is 0 Å². The van der Waals surface area contributed by atoms with E-state index in [1.807, 2.05) is 39.8 Å². The van der Waals surface area contributed by atoms with Gasteiger partial charge in [-0.15, -0.1) is 0 Å². The Morgan fingerprint density at radius 1 is 1.05 bits per heavy atom. The largest absolute Gasteiger partial charge is 0.459 e. The number of rotatable bonds is 7. The molecular formula is C33H37N5O3. The first kappa shape index (κ1) is 28.1. The van der Waals surface area contributed by atoms with Gasteiger partial charge in [-0.3, -0.25) is 4.79 Å². The fraction of sp³-hybridized carbons (Fsp3) is 0.303. The molecular weight excluding hydrogens is 514 g/mol. The average Bonchev–Trinajstić information content (AvgIpc) is 3.33. The number of aromatic nitrogens is 2. The molecule has 1 aliphatic rings. The van der Waals surface area contributed by atoms with Crippen LogP contribution < -0.4 is 10.2 Å². The van der Waals surface area contributed by atoms with Crippen molar-refractivity contribution in [1.29, 1.82) is 0 Å². The minimum atomic E-state index is -0.417. The van der Waals surface area contributed by atoms with E-state index in [0.717, 1.165) is 65.1 Å². The number of ether oxygens (including phenoxy) is 1. The summed E-state index contributed by atoms with van der Waals surface area (Å²) in [6.45, 7) is 15.3. The van der Waals surface area contributed by atoms with E-state index in [2.05, 4.69) is 69.0 Å². The Labute approximate surface area is 241 Å². The second kappa shape index (κ2) is 11.6. The van der Waals surface area contributed by atoms with Gasteiger partial charge in [0.25, 0.3) is 0 Å². The zero-order chi connectivity index (χ0) is 29.3. The van der Waals surface area contributed by atoms with Gasteiger partial charge in [-0.1, -0.05) is 24.8 Å². The van der Waals surface area contributed by atoms with Crippen molar-refractivity contribution in [2.75, 3.05) is 43.4 Å². The Morgan fingerprint density at radius 2 is 1.76 bits per heavy atom. The summed E-state index contributed by atoms with van der Waals surface area (Å²) in [6, 6.07) is 14.4. The Balaban J connectivity index is 1.66. The van der Waals surface area contributed by atoms with Gasteiger partial charge in [0.1, 0.15) is 5.65 Å². The number of aromatic amines is 1. The second-order valence-corrected chi connectivity index (χ2v) is 11.0. The number of piperazine rings is 1. The first-order chi connectivity index (χ1) is 19.6. The van der Waals surface area contributed by atoms with Crippen LogP contribution in [-0.4, -0.2) is 66.1 Å². The first-order valence-electron chi connectivity index (χ1n) is 14.0. The number of carbonyl (C=O) groups excluding carboxylic acids is 2. The highest BCUT2D eigenvalue weighted by Gasteiger charge is 2.22. The average molecular weight is 552 g/mol. The number of amides is 1. The summed E-state index contributed by atoms with van der Waals surface area (Å²) in [5.74, 6) is -0.693. The predicted molar refractivity (Wildman–Crippen MR) is 166 cm³/mol. The number of anilines is 2. The maximum Gasteiger partial charge on any atom is 0.339 e. The van der Waals surface area contributed by atoms with Crippen molar-refractivity contribution in [1.82, 2.24) is 14.9 Å². The van der Waals surface area contributed by atoms with E-state index in [4.69, 9.17) is 4.74 Å². The van der Waals surface area contributed by atoms with Crippen LogP contribution in [0.5, 0.6) is 0 Å². The lowest BCUT2D eigenvalue weighted by atomic mass is 9.93. The monoisotopic (exact) mass is 551 g/mol. The van der Waals surface area contributed by atoms with Crippen molar-refractivity contribution in [2.24, 2.45) is 0 Å². The highest BCUT2D eigenvalue weighted by Crippen LogP contribution is 2.41. The summed E-state index contributed by atoms with van der Waals surface area (Å²) in [5, 5.41) is 3.73. The van der Waals surface area contributed by atoms with Crippen molar-refractivity contribution in [2.45, 2.75) is 33.8 Å². The van der Waals surface area contributed by atoms with Crippen molar-refractivity contribution in [3.63, 3.8) is 0 Å². The van der Waals surface area contributed by atoms with Crippen LogP contribution in [0.1, 0.15) is 35.3 Å². The van der Waals surface area contributed by atoms with Crippen LogP contribution in [0.25, 0.3) is 33.4 Å². The molecule has 41 heavy (non-hydrogen) atoms. The zero-order valence-electron chi connectivity index (χ0n) is 24.4. The summed E-state index contributed by atoms with van der Waals surface area (Å²) in [5.41, 5.74) is 8.63. The van der Waals surface area contributed by atoms with Crippen LogP contribution in [0.2, 0.25) is 0 Å². The maximum atomic E-state index is 12.8. The number of esters is 1. The molecule has 2 N–H and O–H groups in total. The van der Waals surface area contributed by atoms with Gasteiger partial charge < -0.3 is 24.8 Å². The Kier molecular flexibility index (Phi) is 7.94. The van der Waals surface area contributed by atoms with Crippen LogP contribution in [0.4, 0.5) is 11.4 Å². The molecule has 0 aliphatic carbocycles. The quantitative estimate of drug-likeness (QED) is 0.218. The molecule has 8 nitrogen and oxygen atoms in total. The first-order valence-corrected chi connectivity index (χ1v) is 14.0. The topological polar surface area (TPSA) is 90.6 Å². The van der Waals surface area contributed by atoms with Gasteiger partial charge in [0.05, 0.1) is 17.4 Å². The lowest BCUT2D eigenvalue weighted by Crippen LogP contribution is -2.44. The van der Waals surface area contributed by atoms with Crippen LogP contribution in [0.15, 0.2) is 61.3 Å². The summed E-state index contributed by atoms with van der Waals surface area (Å²) < 4.78 is 5.46. The molecule has 1 fully saturated rings. The van der Waals surface area contributed by atoms with E-state index in [1.54, 1.807) is 6.20 Å². The molecule has 3 heterocycles. The third-order valence-corrected chi connectivity index (χ3v) is 7.54. The van der Waals surface area contributed by atoms with E-state index in [0.29, 0.717) is 16.9 Å². The maximum absolute atomic E-state index is 12.8. The third kappa shape index (κ3) is 5.88. The fourth-order valence-electron chi connectivity index (χ4n) is 5.30. The predicted octanol–water partition coefficient (Wildman–Crippen LogP) is 5.96. The molecule has 212 valence electrons. The number of fused-ring (bicyclic) bond motifs is 1. The summed E-state index contributed by atoms with van der Waals surface area (Å²) in [7, 11) is 2.15. The molecule has 0 atom stereocenters. The van der Waals surface area contributed by atoms with Crippen LogP contribution in [0, 0.1) is 13.8 Å². The number of H-pyrrole nitrogens is 1. The van der Waals surface area contributed by atoms with Crippen molar-refractivity contribution < 1.29 is 14.3 Å². The number of nitrogens with zero attached hydrogens (tertiary/aromatic N) is 3. The van der Waals surface area contributed by atoms with E-state index in [-0.39, 0.29) is 12.0 Å². The molecule has 0 bridgehead atoms. The summed E-state index contributed by atoms with van der Waals surface area (Å²) >= 11 is 0. The number of pyridine rings is 1. The van der Waals surface area contributed by atoms with E-state index < -0.39 is 5.97 Å². The lowest BCUT2D eigenvalue weighted by Gasteiger charge is -2.34. The van der Waals surface area contributed by atoms with Gasteiger partial charge in [-0.25, -0.2) is 9.78 Å². The molecule has 1 amide bonds. The lowest BCUT2D eigenvalue weighted by molar-refractivity contribution is -0.111. The molecule has 0 unspecified atom stereocenters. The molecule has 4 aromatic rings. The number of hydrogen-bond donors (Lipinski definition) is 2. The third-order valence-electron chi connectivity index (χ3n) is 7.54. The highest BCUT2D eigenvalue weighted by atomic mass is 16.5. The normalized spacial score (nSPS) is 14.0. The standard InChI is InChI=1S/C33H37N5O3/c1-7-29(39)35-28-18-26(21(4)16-22(28)5)30-27-17-24(33(40)41-20(2)3)19-34-32(27)36-31(30)23-8-10-25(11-9-23)38-14-12-37(6)13-15-38/h7-11,16-20H,1,12-15H2,2-6H3,(H,34,36)(H,35,39). The Bertz CT molecular complexity index is 1610. The molecule has 0 radical (unpaired) electrons. The molecule has 1 saturated heterocycles. The van der Waals surface area contributed by atoms with Crippen molar-refractivity contribution >= 4 is 34.3 Å². The minimum absolute atomic E-state index is 0.242. The van der Waals surface area contributed by atoms with Gasteiger partial charge in [-0.05, 0) is 87.3 Å². The summed E-state index contributed by atoms with van der Waals surface area (Å²) in [6.07, 6.45) is 2.56. The highest BCUT2D eigenvalue weighted by molar-refractivity contribution is 6.07. The zero-order valence-corrected chi connectivity index (χ0v) is 24.4. The van der Waals surface area contributed by atoms with Gasteiger partial charge in [0, 0.05) is 54.7 Å². The molecule has 1 aliphatic heterocycles. The Hall–Kier alpha value is -4.43. The van der Waals surface area contributed by atoms with Crippen LogP contribution in [0.3, 0.4) is 0 Å². The fourth-order valence-corrected chi connectivity index (χ4v) is 5.30. The molecule has 0 saturated carbocycles. The van der Waals surface area contributed by atoms with Crippen LogP contribution in [-0.2, 0) is 9.53 Å². The Morgan fingerprint density at radius 3 is 2.41 bits per heavy atom. The molecule has 2 aromatic heterocycles. The van der Waals surface area contributed by atoms with E-state index >= 15 is 0 Å². The molecule has 5 rings (SSSR count). The number of nitrogens with one attached hydrogen (secondary N) is 2. The number of benzene rings is 2. The van der Waals surface area contributed by atoms with E-state index in [1.165, 1.54) is 11.8 Å². The van der Waals surface area contributed by atoms with Crippen molar-refractivity contribution in [3.05, 3.63) is 78.0 Å². The molecule has 2 aromatic carbocycles. The SMILES string of the molecule is C=CC(=O)Nc1cc(-c2c(-c3ccc(N4CCN(C)CC4)cc3)[nH]c3ncc(C(=O)OC(C)C)cc23)c(C)cc1C. The van der Waals surface area contributed by atoms with E-state index in [9.17, 15) is 9.59 Å². The van der Waals surface area contributed by atoms with Gasteiger partial charge in [-0.2, -0.15) is 0 Å². The minimum Gasteiger partial charge on any atom is -0.459 e.